The molecule has 0 saturated carbocycles. The summed E-state index contributed by atoms with van der Waals surface area (Å²) in [6, 6.07) is 9.08. The first-order valence-electron chi connectivity index (χ1n) is 7.28. The number of hydrogen-bond donors (Lipinski definition) is 2. The van der Waals surface area contributed by atoms with Gasteiger partial charge in [-0.3, -0.25) is 4.79 Å². The highest BCUT2D eigenvalue weighted by atomic mass is 16.4. The molecule has 1 aromatic carbocycles. The van der Waals surface area contributed by atoms with Gasteiger partial charge in [-0.1, -0.05) is 24.3 Å². The molecule has 116 valence electrons. The molecule has 0 aliphatic carbocycles. The summed E-state index contributed by atoms with van der Waals surface area (Å²) in [6.45, 7) is 4.08. The number of aromatic nitrogens is 1. The van der Waals surface area contributed by atoms with Crippen molar-refractivity contribution in [1.29, 1.82) is 0 Å². The summed E-state index contributed by atoms with van der Waals surface area (Å²) in [5, 5.41) is 12.8. The molecule has 0 bridgehead atoms. The Hall–Kier alpha value is -2.56. The van der Waals surface area contributed by atoms with E-state index in [1.807, 2.05) is 41.1 Å². The third kappa shape index (κ3) is 3.97. The molecule has 2 N–H and O–H groups in total. The van der Waals surface area contributed by atoms with Crippen molar-refractivity contribution in [2.45, 2.75) is 31.8 Å². The molecule has 0 spiro atoms. The highest BCUT2D eigenvalue weighted by Crippen LogP contribution is 2.15. The number of aliphatic carboxylic acids is 1. The molecule has 2 rings (SSSR count). The van der Waals surface area contributed by atoms with Gasteiger partial charge in [-0.15, -0.1) is 6.58 Å². The maximum atomic E-state index is 11.9. The zero-order chi connectivity index (χ0) is 15.9. The Labute approximate surface area is 129 Å². The number of nitrogens with zero attached hydrogens (tertiary/aromatic N) is 1. The van der Waals surface area contributed by atoms with Crippen molar-refractivity contribution in [3.05, 3.63) is 49.2 Å². The van der Waals surface area contributed by atoms with Crippen LogP contribution in [0.25, 0.3) is 10.9 Å². The Morgan fingerprint density at radius 2 is 2.09 bits per heavy atom. The first-order chi connectivity index (χ1) is 10.6. The molecular weight excluding hydrogens is 280 g/mol. The van der Waals surface area contributed by atoms with E-state index in [-0.39, 0.29) is 12.3 Å². The number of carbonyl (C=O) groups excluding carboxylic acids is 1. The number of para-hydroxylation sites is 1. The molecule has 1 unspecified atom stereocenters. The SMILES string of the molecule is C=CCCC(NC(=O)CCn1ccc2ccccc21)C(=O)O. The monoisotopic (exact) mass is 300 g/mol. The Morgan fingerprint density at radius 1 is 1.32 bits per heavy atom. The summed E-state index contributed by atoms with van der Waals surface area (Å²) in [7, 11) is 0. The maximum Gasteiger partial charge on any atom is 0.326 e. The number of amides is 1. The molecular formula is C17H20N2O3. The van der Waals surface area contributed by atoms with E-state index >= 15 is 0 Å². The molecule has 0 aliphatic rings. The van der Waals surface area contributed by atoms with E-state index in [9.17, 15) is 9.59 Å². The molecule has 22 heavy (non-hydrogen) atoms. The number of carboxylic acids is 1. The van der Waals surface area contributed by atoms with Crippen LogP contribution in [0.4, 0.5) is 0 Å². The van der Waals surface area contributed by atoms with E-state index in [0.717, 1.165) is 10.9 Å². The van der Waals surface area contributed by atoms with Gasteiger partial charge in [-0.05, 0) is 30.4 Å². The third-order valence-electron chi connectivity index (χ3n) is 3.55. The Bertz CT molecular complexity index is 675. The van der Waals surface area contributed by atoms with Crippen LogP contribution in [0.1, 0.15) is 19.3 Å². The standard InChI is InChI=1S/C17H20N2O3/c1-2-3-7-14(17(21)22)18-16(20)10-12-19-11-9-13-6-4-5-8-15(13)19/h2,4-6,8-9,11,14H,1,3,7,10,12H2,(H,18,20)(H,21,22). The van der Waals surface area contributed by atoms with Crippen molar-refractivity contribution in [2.75, 3.05) is 0 Å². The van der Waals surface area contributed by atoms with Gasteiger partial charge in [-0.25, -0.2) is 4.79 Å². The number of nitrogens with one attached hydrogen (secondary N) is 1. The summed E-state index contributed by atoms with van der Waals surface area (Å²) < 4.78 is 1.99. The molecule has 0 aliphatic heterocycles. The second kappa shape index (κ2) is 7.45. The smallest absolute Gasteiger partial charge is 0.326 e. The fourth-order valence-corrected chi connectivity index (χ4v) is 2.37. The second-order valence-corrected chi connectivity index (χ2v) is 5.14. The highest BCUT2D eigenvalue weighted by Gasteiger charge is 2.18. The van der Waals surface area contributed by atoms with Crippen molar-refractivity contribution in [1.82, 2.24) is 9.88 Å². The highest BCUT2D eigenvalue weighted by molar-refractivity contribution is 5.84. The topological polar surface area (TPSA) is 71.3 Å². The lowest BCUT2D eigenvalue weighted by atomic mass is 10.1. The number of rotatable bonds is 8. The van der Waals surface area contributed by atoms with E-state index < -0.39 is 12.0 Å². The summed E-state index contributed by atoms with van der Waals surface area (Å²) in [4.78, 5) is 23.0. The van der Waals surface area contributed by atoms with Crippen LogP contribution < -0.4 is 5.32 Å². The van der Waals surface area contributed by atoms with Crippen LogP contribution in [-0.4, -0.2) is 27.6 Å². The number of hydrogen-bond acceptors (Lipinski definition) is 2. The fourth-order valence-electron chi connectivity index (χ4n) is 2.37. The zero-order valence-corrected chi connectivity index (χ0v) is 12.4. The fraction of sp³-hybridized carbons (Fsp3) is 0.294. The number of fused-ring (bicyclic) bond motifs is 1. The van der Waals surface area contributed by atoms with Gasteiger partial charge in [0.1, 0.15) is 6.04 Å². The van der Waals surface area contributed by atoms with Crippen LogP contribution in [0.3, 0.4) is 0 Å². The van der Waals surface area contributed by atoms with E-state index in [2.05, 4.69) is 11.9 Å². The van der Waals surface area contributed by atoms with Crippen LogP contribution in [0.5, 0.6) is 0 Å². The molecule has 0 radical (unpaired) electrons. The number of carboxylic acid groups (broad SMARTS) is 1. The van der Waals surface area contributed by atoms with E-state index in [0.29, 0.717) is 19.4 Å². The van der Waals surface area contributed by atoms with Crippen molar-refractivity contribution in [2.24, 2.45) is 0 Å². The first-order valence-corrected chi connectivity index (χ1v) is 7.28. The maximum absolute atomic E-state index is 11.9. The molecule has 1 aromatic heterocycles. The van der Waals surface area contributed by atoms with Gasteiger partial charge in [0.2, 0.25) is 5.91 Å². The molecule has 1 atom stereocenters. The molecule has 5 nitrogen and oxygen atoms in total. The van der Waals surface area contributed by atoms with Gasteiger partial charge in [0.05, 0.1) is 0 Å². The molecule has 5 heteroatoms. The van der Waals surface area contributed by atoms with Gasteiger partial charge in [0.25, 0.3) is 0 Å². The van der Waals surface area contributed by atoms with Crippen LogP contribution in [0.15, 0.2) is 49.2 Å². The van der Waals surface area contributed by atoms with Crippen molar-refractivity contribution in [3.63, 3.8) is 0 Å². The lowest BCUT2D eigenvalue weighted by Crippen LogP contribution is -2.40. The average Bonchev–Trinajstić information content (AvgIpc) is 2.92. The van der Waals surface area contributed by atoms with Crippen LogP contribution in [0, 0.1) is 0 Å². The van der Waals surface area contributed by atoms with Crippen molar-refractivity contribution in [3.8, 4) is 0 Å². The lowest BCUT2D eigenvalue weighted by molar-refractivity contribution is -0.142. The van der Waals surface area contributed by atoms with Gasteiger partial charge < -0.3 is 15.0 Å². The largest absolute Gasteiger partial charge is 0.480 e. The van der Waals surface area contributed by atoms with Crippen LogP contribution >= 0.6 is 0 Å². The van der Waals surface area contributed by atoms with E-state index in [1.165, 1.54) is 0 Å². The quantitative estimate of drug-likeness (QED) is 0.736. The zero-order valence-electron chi connectivity index (χ0n) is 12.4. The minimum absolute atomic E-state index is 0.247. The summed E-state index contributed by atoms with van der Waals surface area (Å²) >= 11 is 0. The molecule has 2 aromatic rings. The third-order valence-corrected chi connectivity index (χ3v) is 3.55. The normalized spacial score (nSPS) is 12.0. The number of allylic oxidation sites excluding steroid dienone is 1. The molecule has 0 fully saturated rings. The van der Waals surface area contributed by atoms with E-state index in [4.69, 9.17) is 5.11 Å². The second-order valence-electron chi connectivity index (χ2n) is 5.14. The minimum atomic E-state index is -1.01. The van der Waals surface area contributed by atoms with Gasteiger partial charge in [-0.2, -0.15) is 0 Å². The first kappa shape index (κ1) is 15.8. The predicted molar refractivity (Wildman–Crippen MR) is 85.6 cm³/mol. The Balaban J connectivity index is 1.91. The van der Waals surface area contributed by atoms with E-state index in [1.54, 1.807) is 6.08 Å². The predicted octanol–water partition coefficient (Wildman–Crippen LogP) is 2.57. The van der Waals surface area contributed by atoms with Gasteiger partial charge in [0, 0.05) is 24.7 Å². The van der Waals surface area contributed by atoms with Crippen molar-refractivity contribution >= 4 is 22.8 Å². The van der Waals surface area contributed by atoms with Gasteiger partial charge >= 0.3 is 5.97 Å². The summed E-state index contributed by atoms with van der Waals surface area (Å²) in [5.74, 6) is -1.27. The molecule has 0 saturated heterocycles. The van der Waals surface area contributed by atoms with Crippen molar-refractivity contribution < 1.29 is 14.7 Å². The summed E-state index contributed by atoms with van der Waals surface area (Å²) in [5.41, 5.74) is 1.07. The molecule has 1 amide bonds. The number of aryl methyl sites for hydroxylation is 1. The van der Waals surface area contributed by atoms with Gasteiger partial charge in [0.15, 0.2) is 0 Å². The summed E-state index contributed by atoms with van der Waals surface area (Å²) in [6.07, 6.45) is 4.74. The molecule has 1 heterocycles. The average molecular weight is 300 g/mol. The minimum Gasteiger partial charge on any atom is -0.480 e. The number of benzene rings is 1. The van der Waals surface area contributed by atoms with Crippen LogP contribution in [0.2, 0.25) is 0 Å². The lowest BCUT2D eigenvalue weighted by Gasteiger charge is -2.14. The Kier molecular flexibility index (Phi) is 5.36. The van der Waals surface area contributed by atoms with Crippen LogP contribution in [-0.2, 0) is 16.1 Å². The number of carbonyl (C=O) groups is 2. The Morgan fingerprint density at radius 3 is 2.82 bits per heavy atom.